The summed E-state index contributed by atoms with van der Waals surface area (Å²) in [6, 6.07) is 9.99. The molecule has 0 aliphatic rings. The third kappa shape index (κ3) is 1.88. The quantitative estimate of drug-likeness (QED) is 0.630. The molecule has 68 valence electrons. The van der Waals surface area contributed by atoms with Crippen LogP contribution in [0.3, 0.4) is 0 Å². The van der Waals surface area contributed by atoms with Gasteiger partial charge in [-0.3, -0.25) is 0 Å². The topological polar surface area (TPSA) is 17.1 Å². The van der Waals surface area contributed by atoms with Gasteiger partial charge in [-0.2, -0.15) is 0 Å². The molecule has 0 aliphatic carbocycles. The molecular formula is C12H14O. The summed E-state index contributed by atoms with van der Waals surface area (Å²) in [7, 11) is 0. The summed E-state index contributed by atoms with van der Waals surface area (Å²) in [6.07, 6.45) is 0. The number of carbonyl (C=O) groups excluding carboxylic acids is 1. The molecule has 0 amide bonds. The molecule has 0 N–H and O–H groups in total. The molecule has 1 heteroatoms. The summed E-state index contributed by atoms with van der Waals surface area (Å²) in [5, 5.41) is 0. The molecule has 1 nitrogen and oxygen atoms in total. The molecular weight excluding hydrogens is 160 g/mol. The van der Waals surface area contributed by atoms with E-state index in [2.05, 4.69) is 0 Å². The first-order valence-corrected chi connectivity index (χ1v) is 4.36. The molecule has 1 aromatic rings. The molecule has 0 fully saturated rings. The highest BCUT2D eigenvalue weighted by atomic mass is 16.1. The van der Waals surface area contributed by atoms with Gasteiger partial charge in [0.05, 0.1) is 0 Å². The van der Waals surface area contributed by atoms with Gasteiger partial charge in [0, 0.05) is 11.0 Å². The Morgan fingerprint density at radius 3 is 2.23 bits per heavy atom. The Hall–Kier alpha value is -1.33. The molecule has 13 heavy (non-hydrogen) atoms. The first-order valence-electron chi connectivity index (χ1n) is 4.36. The van der Waals surface area contributed by atoms with E-state index in [0.29, 0.717) is 0 Å². The van der Waals surface area contributed by atoms with Gasteiger partial charge in [-0.05, 0) is 12.5 Å². The zero-order valence-corrected chi connectivity index (χ0v) is 8.29. The van der Waals surface area contributed by atoms with Gasteiger partial charge in [0.15, 0.2) is 0 Å². The van der Waals surface area contributed by atoms with Crippen LogP contribution in [0.4, 0.5) is 0 Å². The lowest BCUT2D eigenvalue weighted by Crippen LogP contribution is -2.18. The molecule has 0 atom stereocenters. The molecule has 1 rings (SSSR count). The second-order valence-electron chi connectivity index (χ2n) is 3.72. The van der Waals surface area contributed by atoms with Crippen LogP contribution in [0.25, 0.3) is 0 Å². The number of hydrogen-bond donors (Lipinski definition) is 0. The van der Waals surface area contributed by atoms with Crippen molar-refractivity contribution in [2.75, 3.05) is 0 Å². The fraction of sp³-hybridized carbons (Fsp3) is 0.333. The number of hydrogen-bond acceptors (Lipinski definition) is 1. The van der Waals surface area contributed by atoms with Crippen molar-refractivity contribution in [2.24, 2.45) is 0 Å². The van der Waals surface area contributed by atoms with E-state index in [-0.39, 0.29) is 5.41 Å². The first kappa shape index (κ1) is 9.76. The fourth-order valence-electron chi connectivity index (χ4n) is 1.20. The Labute approximate surface area is 79.1 Å². The smallest absolute Gasteiger partial charge is 0.124 e. The number of benzene rings is 1. The number of allylic oxidation sites excluding steroid dienone is 1. The van der Waals surface area contributed by atoms with E-state index in [1.165, 1.54) is 0 Å². The fourth-order valence-corrected chi connectivity index (χ4v) is 1.20. The number of rotatable bonds is 2. The Morgan fingerprint density at radius 2 is 1.77 bits per heavy atom. The standard InChI is InChI=1S/C12H14O/c1-10(9-13)12(2,3)11-7-5-4-6-8-11/h4-8H,1-3H3. The van der Waals surface area contributed by atoms with Crippen molar-refractivity contribution in [1.29, 1.82) is 0 Å². The molecule has 0 unspecified atom stereocenters. The third-order valence-corrected chi connectivity index (χ3v) is 2.59. The van der Waals surface area contributed by atoms with E-state index in [0.717, 1.165) is 11.1 Å². The molecule has 0 radical (unpaired) electrons. The normalized spacial score (nSPS) is 10.7. The highest BCUT2D eigenvalue weighted by molar-refractivity contribution is 5.57. The van der Waals surface area contributed by atoms with Gasteiger partial charge in [-0.1, -0.05) is 44.2 Å². The largest absolute Gasteiger partial charge is 0.234 e. The minimum absolute atomic E-state index is 0.205. The van der Waals surface area contributed by atoms with E-state index < -0.39 is 0 Å². The lowest BCUT2D eigenvalue weighted by atomic mass is 9.79. The van der Waals surface area contributed by atoms with E-state index >= 15 is 0 Å². The minimum atomic E-state index is -0.205. The summed E-state index contributed by atoms with van der Waals surface area (Å²) in [5.41, 5.74) is 1.68. The summed E-state index contributed by atoms with van der Waals surface area (Å²) in [6.45, 7) is 5.88. The second kappa shape index (κ2) is 3.59. The van der Waals surface area contributed by atoms with Gasteiger partial charge < -0.3 is 0 Å². The SMILES string of the molecule is CC(=C=O)C(C)(C)c1ccccc1. The van der Waals surface area contributed by atoms with Crippen LogP contribution in [0, 0.1) is 0 Å². The van der Waals surface area contributed by atoms with Gasteiger partial charge in [0.25, 0.3) is 0 Å². The first-order chi connectivity index (χ1) is 6.09. The van der Waals surface area contributed by atoms with Crippen LogP contribution in [0.2, 0.25) is 0 Å². The van der Waals surface area contributed by atoms with Gasteiger partial charge in [0.1, 0.15) is 5.94 Å². The highest BCUT2D eigenvalue weighted by Gasteiger charge is 2.22. The Bertz CT molecular complexity index is 329. The molecule has 0 aromatic heterocycles. The average Bonchev–Trinajstić information content (AvgIpc) is 2.18. The van der Waals surface area contributed by atoms with Crippen molar-refractivity contribution in [3.8, 4) is 0 Å². The zero-order chi connectivity index (χ0) is 9.90. The Morgan fingerprint density at radius 1 is 1.23 bits per heavy atom. The Kier molecular flexibility index (Phi) is 2.69. The lowest BCUT2D eigenvalue weighted by Gasteiger charge is -2.23. The van der Waals surface area contributed by atoms with Crippen LogP contribution in [0.15, 0.2) is 35.9 Å². The minimum Gasteiger partial charge on any atom is -0.234 e. The van der Waals surface area contributed by atoms with E-state index in [9.17, 15) is 4.79 Å². The van der Waals surface area contributed by atoms with Crippen LogP contribution in [-0.4, -0.2) is 5.94 Å². The van der Waals surface area contributed by atoms with E-state index in [1.54, 1.807) is 0 Å². The molecule has 0 saturated heterocycles. The van der Waals surface area contributed by atoms with Crippen molar-refractivity contribution in [1.82, 2.24) is 0 Å². The predicted octanol–water partition coefficient (Wildman–Crippen LogP) is 2.74. The lowest BCUT2D eigenvalue weighted by molar-refractivity contribution is 0.554. The van der Waals surface area contributed by atoms with Crippen LogP contribution in [-0.2, 0) is 10.2 Å². The van der Waals surface area contributed by atoms with Gasteiger partial charge in [-0.25, -0.2) is 4.79 Å². The maximum Gasteiger partial charge on any atom is 0.124 e. The van der Waals surface area contributed by atoms with Crippen LogP contribution in [0.5, 0.6) is 0 Å². The molecule has 0 spiro atoms. The van der Waals surface area contributed by atoms with Crippen LogP contribution in [0.1, 0.15) is 26.3 Å². The average molecular weight is 174 g/mol. The van der Waals surface area contributed by atoms with Crippen LogP contribution < -0.4 is 0 Å². The van der Waals surface area contributed by atoms with Crippen LogP contribution >= 0.6 is 0 Å². The van der Waals surface area contributed by atoms with Crippen molar-refractivity contribution >= 4 is 5.94 Å². The van der Waals surface area contributed by atoms with Gasteiger partial charge in [-0.15, -0.1) is 0 Å². The van der Waals surface area contributed by atoms with Gasteiger partial charge in [0.2, 0.25) is 0 Å². The zero-order valence-electron chi connectivity index (χ0n) is 8.29. The molecule has 0 bridgehead atoms. The second-order valence-corrected chi connectivity index (χ2v) is 3.72. The molecule has 0 heterocycles. The molecule has 0 aliphatic heterocycles. The van der Waals surface area contributed by atoms with Gasteiger partial charge >= 0.3 is 0 Å². The molecule has 0 saturated carbocycles. The summed E-state index contributed by atoms with van der Waals surface area (Å²) in [4.78, 5) is 10.6. The van der Waals surface area contributed by atoms with E-state index in [4.69, 9.17) is 0 Å². The predicted molar refractivity (Wildman–Crippen MR) is 54.3 cm³/mol. The third-order valence-electron chi connectivity index (χ3n) is 2.59. The summed E-state index contributed by atoms with van der Waals surface area (Å²) >= 11 is 0. The highest BCUT2D eigenvalue weighted by Crippen LogP contribution is 2.28. The van der Waals surface area contributed by atoms with Crippen molar-refractivity contribution in [3.63, 3.8) is 0 Å². The van der Waals surface area contributed by atoms with Crippen molar-refractivity contribution in [2.45, 2.75) is 26.2 Å². The summed E-state index contributed by atoms with van der Waals surface area (Å²) < 4.78 is 0. The Balaban J connectivity index is 3.15. The monoisotopic (exact) mass is 174 g/mol. The summed E-state index contributed by atoms with van der Waals surface area (Å²) in [5.74, 6) is 1.97. The van der Waals surface area contributed by atoms with Crippen molar-refractivity contribution < 1.29 is 4.79 Å². The van der Waals surface area contributed by atoms with Crippen molar-refractivity contribution in [3.05, 3.63) is 41.5 Å². The molecule has 1 aromatic carbocycles. The maximum atomic E-state index is 10.6. The maximum absolute atomic E-state index is 10.6. The van der Waals surface area contributed by atoms with E-state index in [1.807, 2.05) is 57.0 Å².